The van der Waals surface area contributed by atoms with Gasteiger partial charge in [0.2, 0.25) is 12.7 Å². The third-order valence-corrected chi connectivity index (χ3v) is 4.13. The van der Waals surface area contributed by atoms with Crippen molar-refractivity contribution >= 4 is 0 Å². The number of rotatable bonds is 12. The smallest absolute Gasteiger partial charge is 0.243 e. The number of hydrogen-bond acceptors (Lipinski definition) is 1. The molecule has 128 valence electrons. The third-order valence-electron chi connectivity index (χ3n) is 4.13. The van der Waals surface area contributed by atoms with E-state index in [2.05, 4.69) is 74.9 Å². The summed E-state index contributed by atoms with van der Waals surface area (Å²) in [6, 6.07) is 0. The lowest BCUT2D eigenvalue weighted by molar-refractivity contribution is -0.697. The molecule has 23 heavy (non-hydrogen) atoms. The second-order valence-electron chi connectivity index (χ2n) is 6.24. The van der Waals surface area contributed by atoms with E-state index >= 15 is 0 Å². The van der Waals surface area contributed by atoms with Gasteiger partial charge in [-0.1, -0.05) is 26.7 Å². The fraction of sp³-hybridized carbons (Fsp3) is 0.667. The zero-order valence-electron chi connectivity index (χ0n) is 14.8. The number of aryl methyl sites for hydroxylation is 2. The first kappa shape index (κ1) is 17.7. The molecule has 5 nitrogen and oxygen atoms in total. The molecular weight excluding hydrogens is 286 g/mol. The van der Waals surface area contributed by atoms with Crippen molar-refractivity contribution in [3.05, 3.63) is 37.4 Å². The van der Waals surface area contributed by atoms with E-state index in [1.165, 1.54) is 25.7 Å². The van der Waals surface area contributed by atoms with Gasteiger partial charge in [-0.2, -0.15) is 0 Å². The molecule has 0 aliphatic carbocycles. The average molecular weight is 319 g/mol. The minimum Gasteiger partial charge on any atom is -0.309 e. The van der Waals surface area contributed by atoms with Crippen molar-refractivity contribution in [1.29, 1.82) is 0 Å². The first-order chi connectivity index (χ1) is 11.3. The van der Waals surface area contributed by atoms with Gasteiger partial charge in [0, 0.05) is 13.1 Å². The van der Waals surface area contributed by atoms with E-state index in [4.69, 9.17) is 0 Å². The maximum atomic E-state index is 3.53. The largest absolute Gasteiger partial charge is 0.309 e. The lowest BCUT2D eigenvalue weighted by atomic mass is 10.3. The Hall–Kier alpha value is -1.62. The molecule has 0 aliphatic rings. The molecule has 0 radical (unpaired) electrons. The Labute approximate surface area is 140 Å². The highest BCUT2D eigenvalue weighted by molar-refractivity contribution is 4.68. The average Bonchev–Trinajstić information content (AvgIpc) is 3.20. The van der Waals surface area contributed by atoms with Gasteiger partial charge in [-0.25, -0.2) is 18.3 Å². The number of nitrogens with one attached hydrogen (secondary N) is 1. The summed E-state index contributed by atoms with van der Waals surface area (Å²) in [7, 11) is 0. The molecule has 0 unspecified atom stereocenters. The van der Waals surface area contributed by atoms with Crippen LogP contribution in [0.15, 0.2) is 37.4 Å². The number of aromatic nitrogens is 4. The topological polar surface area (TPSA) is 29.6 Å². The molecule has 0 aliphatic heterocycles. The van der Waals surface area contributed by atoms with Crippen LogP contribution in [-0.2, 0) is 26.2 Å². The lowest BCUT2D eigenvalue weighted by Crippen LogP contribution is -2.31. The minimum atomic E-state index is 1.01. The van der Waals surface area contributed by atoms with Crippen molar-refractivity contribution < 1.29 is 9.13 Å². The van der Waals surface area contributed by atoms with Gasteiger partial charge in [0.25, 0.3) is 0 Å². The van der Waals surface area contributed by atoms with Gasteiger partial charge in [0.1, 0.15) is 37.9 Å². The summed E-state index contributed by atoms with van der Waals surface area (Å²) in [5.41, 5.74) is 0. The van der Waals surface area contributed by atoms with Crippen LogP contribution >= 0.6 is 0 Å². The zero-order chi connectivity index (χ0) is 16.3. The lowest BCUT2D eigenvalue weighted by Gasteiger charge is -2.01. The Morgan fingerprint density at radius 1 is 0.783 bits per heavy atom. The predicted octanol–water partition coefficient (Wildman–Crippen LogP) is 1.75. The molecule has 0 fully saturated rings. The minimum absolute atomic E-state index is 1.01. The van der Waals surface area contributed by atoms with E-state index in [-0.39, 0.29) is 0 Å². The van der Waals surface area contributed by atoms with Crippen molar-refractivity contribution in [1.82, 2.24) is 14.5 Å². The Balaban J connectivity index is 1.58. The SMILES string of the molecule is CCCC[n+]1ccn(CCNCCn2cc[n+](CCCC)c2)c1. The van der Waals surface area contributed by atoms with Gasteiger partial charge < -0.3 is 5.32 Å². The summed E-state index contributed by atoms with van der Waals surface area (Å²) in [6.45, 7) is 10.8. The van der Waals surface area contributed by atoms with Crippen molar-refractivity contribution in [3.63, 3.8) is 0 Å². The number of nitrogens with zero attached hydrogens (tertiary/aromatic N) is 4. The monoisotopic (exact) mass is 319 g/mol. The van der Waals surface area contributed by atoms with Gasteiger partial charge in [-0.3, -0.25) is 0 Å². The zero-order valence-corrected chi connectivity index (χ0v) is 14.8. The Kier molecular flexibility index (Phi) is 7.87. The summed E-state index contributed by atoms with van der Waals surface area (Å²) < 4.78 is 9.07. The Morgan fingerprint density at radius 2 is 1.26 bits per heavy atom. The Morgan fingerprint density at radius 3 is 1.70 bits per heavy atom. The fourth-order valence-corrected chi connectivity index (χ4v) is 2.63. The van der Waals surface area contributed by atoms with Crippen molar-refractivity contribution in [2.24, 2.45) is 0 Å². The number of hydrogen-bond donors (Lipinski definition) is 1. The van der Waals surface area contributed by atoms with Gasteiger partial charge in [0.05, 0.1) is 13.1 Å². The third kappa shape index (κ3) is 6.57. The van der Waals surface area contributed by atoms with E-state index < -0.39 is 0 Å². The van der Waals surface area contributed by atoms with E-state index in [0.717, 1.165) is 39.3 Å². The first-order valence-corrected chi connectivity index (χ1v) is 9.12. The molecule has 5 heteroatoms. The molecule has 0 bridgehead atoms. The van der Waals surface area contributed by atoms with Crippen molar-refractivity contribution in [2.45, 2.75) is 65.7 Å². The van der Waals surface area contributed by atoms with Crippen LogP contribution in [0.1, 0.15) is 39.5 Å². The predicted molar refractivity (Wildman–Crippen MR) is 91.9 cm³/mol. The molecule has 0 saturated carbocycles. The molecule has 2 aromatic rings. The van der Waals surface area contributed by atoms with Crippen molar-refractivity contribution in [3.8, 4) is 0 Å². The molecule has 2 heterocycles. The highest BCUT2D eigenvalue weighted by atomic mass is 15.1. The van der Waals surface area contributed by atoms with Crippen LogP contribution in [0.3, 0.4) is 0 Å². The van der Waals surface area contributed by atoms with Crippen LogP contribution in [-0.4, -0.2) is 22.2 Å². The summed E-state index contributed by atoms with van der Waals surface area (Å²) in [6.07, 6.45) is 18.1. The molecule has 2 rings (SSSR count). The maximum absolute atomic E-state index is 3.53. The second-order valence-corrected chi connectivity index (χ2v) is 6.24. The molecule has 0 atom stereocenters. The summed E-state index contributed by atoms with van der Waals surface area (Å²) in [5, 5.41) is 3.53. The van der Waals surface area contributed by atoms with Crippen molar-refractivity contribution in [2.75, 3.05) is 13.1 Å². The van der Waals surface area contributed by atoms with Crippen LogP contribution in [0, 0.1) is 0 Å². The maximum Gasteiger partial charge on any atom is 0.243 e. The molecule has 1 N–H and O–H groups in total. The summed E-state index contributed by atoms with van der Waals surface area (Å²) >= 11 is 0. The fourth-order valence-electron chi connectivity index (χ4n) is 2.63. The number of imidazole rings is 2. The van der Waals surface area contributed by atoms with Crippen LogP contribution < -0.4 is 14.5 Å². The van der Waals surface area contributed by atoms with Crippen LogP contribution in [0.4, 0.5) is 0 Å². The molecular formula is C18H33N5+2. The molecule has 0 spiro atoms. The second kappa shape index (κ2) is 10.2. The van der Waals surface area contributed by atoms with Gasteiger partial charge in [0.15, 0.2) is 0 Å². The van der Waals surface area contributed by atoms with Crippen LogP contribution in [0.2, 0.25) is 0 Å². The van der Waals surface area contributed by atoms with Gasteiger partial charge in [-0.05, 0) is 12.8 Å². The van der Waals surface area contributed by atoms with Gasteiger partial charge >= 0.3 is 0 Å². The van der Waals surface area contributed by atoms with Gasteiger partial charge in [-0.15, -0.1) is 0 Å². The number of unbranched alkanes of at least 4 members (excludes halogenated alkanes) is 2. The van der Waals surface area contributed by atoms with Crippen LogP contribution in [0.5, 0.6) is 0 Å². The Bertz CT molecular complexity index is 495. The highest BCUT2D eigenvalue weighted by Crippen LogP contribution is 1.90. The quantitative estimate of drug-likeness (QED) is 0.469. The molecule has 2 aromatic heterocycles. The molecule has 0 aromatic carbocycles. The molecule has 0 amide bonds. The highest BCUT2D eigenvalue weighted by Gasteiger charge is 2.04. The van der Waals surface area contributed by atoms with E-state index in [1.807, 2.05) is 0 Å². The standard InChI is InChI=1S/C18H33N5/c1-3-5-9-20-13-15-22(17-20)11-7-19-8-12-23-16-14-21(18-23)10-6-4-2/h13-19H,3-12H2,1-2H3/q+2. The first-order valence-electron chi connectivity index (χ1n) is 9.12. The normalized spacial score (nSPS) is 11.2. The van der Waals surface area contributed by atoms with Crippen LogP contribution in [0.25, 0.3) is 0 Å². The summed E-state index contributed by atoms with van der Waals surface area (Å²) in [4.78, 5) is 0. The summed E-state index contributed by atoms with van der Waals surface area (Å²) in [5.74, 6) is 0. The van der Waals surface area contributed by atoms with E-state index in [1.54, 1.807) is 0 Å². The van der Waals surface area contributed by atoms with E-state index in [9.17, 15) is 0 Å². The molecule has 0 saturated heterocycles. The van der Waals surface area contributed by atoms with E-state index in [0.29, 0.717) is 0 Å².